The average molecular weight is 377 g/mol. The van der Waals surface area contributed by atoms with Crippen LogP contribution in [0, 0.1) is 4.77 Å². The average Bonchev–Trinajstić information content (AvgIpc) is 3.26. The molecule has 0 unspecified atom stereocenters. The third-order valence-corrected chi connectivity index (χ3v) is 4.80. The van der Waals surface area contributed by atoms with Gasteiger partial charge in [-0.05, 0) is 42.8 Å². The van der Waals surface area contributed by atoms with Gasteiger partial charge >= 0.3 is 0 Å². The number of para-hydroxylation sites is 2. The third kappa shape index (κ3) is 4.47. The SMILES string of the molecule is COc1ccccc1OCCN(C)Cn1[nH]c(-c2cccs2)nc1=S. The second-order valence-corrected chi connectivity index (χ2v) is 6.79. The van der Waals surface area contributed by atoms with Crippen LogP contribution in [0.5, 0.6) is 11.5 Å². The van der Waals surface area contributed by atoms with E-state index in [2.05, 4.69) is 15.0 Å². The van der Waals surface area contributed by atoms with E-state index < -0.39 is 0 Å². The second kappa shape index (κ2) is 8.28. The summed E-state index contributed by atoms with van der Waals surface area (Å²) in [6.07, 6.45) is 0. The smallest absolute Gasteiger partial charge is 0.217 e. The molecule has 8 heteroatoms. The van der Waals surface area contributed by atoms with Crippen molar-refractivity contribution in [3.05, 3.63) is 46.5 Å². The third-order valence-electron chi connectivity index (χ3n) is 3.62. The lowest BCUT2D eigenvalue weighted by Crippen LogP contribution is -2.27. The van der Waals surface area contributed by atoms with Gasteiger partial charge in [-0.15, -0.1) is 11.3 Å². The number of benzene rings is 1. The van der Waals surface area contributed by atoms with E-state index in [1.165, 1.54) is 0 Å². The number of aromatic nitrogens is 3. The summed E-state index contributed by atoms with van der Waals surface area (Å²) in [6.45, 7) is 1.91. The van der Waals surface area contributed by atoms with Gasteiger partial charge in [-0.3, -0.25) is 10.00 Å². The molecule has 25 heavy (non-hydrogen) atoms. The highest BCUT2D eigenvalue weighted by Gasteiger charge is 2.08. The molecular formula is C17H20N4O2S2. The Hall–Kier alpha value is -2.16. The van der Waals surface area contributed by atoms with Gasteiger partial charge in [0, 0.05) is 6.54 Å². The summed E-state index contributed by atoms with van der Waals surface area (Å²) < 4.78 is 13.5. The maximum atomic E-state index is 5.80. The maximum Gasteiger partial charge on any atom is 0.217 e. The number of hydrogen-bond acceptors (Lipinski definition) is 6. The van der Waals surface area contributed by atoms with Gasteiger partial charge in [0.15, 0.2) is 17.3 Å². The number of ether oxygens (including phenoxy) is 2. The van der Waals surface area contributed by atoms with Crippen molar-refractivity contribution in [2.75, 3.05) is 27.3 Å². The zero-order valence-electron chi connectivity index (χ0n) is 14.1. The standard InChI is InChI=1S/C17H20N4O2S2/c1-20(9-10-23-14-7-4-3-6-13(14)22-2)12-21-17(24)18-16(19-21)15-8-5-11-25-15/h3-8,11H,9-10,12H2,1-2H3,(H,18,19,24). The number of methoxy groups -OCH3 is 1. The minimum Gasteiger partial charge on any atom is -0.493 e. The molecule has 0 saturated heterocycles. The Bertz CT molecular complexity index is 858. The predicted octanol–water partition coefficient (Wildman–Crippen LogP) is 3.65. The number of nitrogens with one attached hydrogen (secondary N) is 1. The Balaban J connectivity index is 1.54. The van der Waals surface area contributed by atoms with Crippen molar-refractivity contribution >= 4 is 23.6 Å². The summed E-state index contributed by atoms with van der Waals surface area (Å²) >= 11 is 6.97. The normalized spacial score (nSPS) is 11.0. The van der Waals surface area contributed by atoms with Crippen molar-refractivity contribution < 1.29 is 9.47 Å². The van der Waals surface area contributed by atoms with Gasteiger partial charge < -0.3 is 9.47 Å². The largest absolute Gasteiger partial charge is 0.493 e. The number of rotatable bonds is 8. The summed E-state index contributed by atoms with van der Waals surface area (Å²) in [5, 5.41) is 5.27. The fourth-order valence-corrected chi connectivity index (χ4v) is 3.20. The first-order valence-electron chi connectivity index (χ1n) is 7.82. The fourth-order valence-electron chi connectivity index (χ4n) is 2.34. The molecule has 0 saturated carbocycles. The molecule has 0 spiro atoms. The van der Waals surface area contributed by atoms with Crippen LogP contribution in [0.1, 0.15) is 0 Å². The molecule has 0 bridgehead atoms. The van der Waals surface area contributed by atoms with Crippen molar-refractivity contribution in [2.45, 2.75) is 6.67 Å². The highest BCUT2D eigenvalue weighted by molar-refractivity contribution is 7.71. The molecule has 3 rings (SSSR count). The highest BCUT2D eigenvalue weighted by atomic mass is 32.1. The van der Waals surface area contributed by atoms with Crippen LogP contribution in [0.2, 0.25) is 0 Å². The van der Waals surface area contributed by atoms with Crippen molar-refractivity contribution in [1.82, 2.24) is 19.7 Å². The topological polar surface area (TPSA) is 55.3 Å². The van der Waals surface area contributed by atoms with Crippen molar-refractivity contribution in [2.24, 2.45) is 0 Å². The van der Waals surface area contributed by atoms with E-state index in [9.17, 15) is 0 Å². The lowest BCUT2D eigenvalue weighted by molar-refractivity contribution is 0.194. The van der Waals surface area contributed by atoms with Crippen molar-refractivity contribution in [3.8, 4) is 22.2 Å². The summed E-state index contributed by atoms with van der Waals surface area (Å²) in [5.41, 5.74) is 0. The molecule has 3 aromatic rings. The highest BCUT2D eigenvalue weighted by Crippen LogP contribution is 2.25. The van der Waals surface area contributed by atoms with Crippen LogP contribution in [0.4, 0.5) is 0 Å². The number of H-pyrrole nitrogens is 1. The molecule has 1 aromatic carbocycles. The number of hydrogen-bond donors (Lipinski definition) is 1. The van der Waals surface area contributed by atoms with Gasteiger partial charge in [0.1, 0.15) is 6.61 Å². The fraction of sp³-hybridized carbons (Fsp3) is 0.294. The van der Waals surface area contributed by atoms with Crippen LogP contribution in [-0.2, 0) is 6.67 Å². The first-order valence-corrected chi connectivity index (χ1v) is 9.11. The zero-order chi connectivity index (χ0) is 17.6. The Morgan fingerprint density at radius 1 is 1.24 bits per heavy atom. The molecule has 0 aliphatic carbocycles. The van der Waals surface area contributed by atoms with E-state index in [-0.39, 0.29) is 0 Å². The van der Waals surface area contributed by atoms with E-state index in [1.807, 2.05) is 53.5 Å². The molecule has 0 radical (unpaired) electrons. The van der Waals surface area contributed by atoms with Crippen LogP contribution < -0.4 is 9.47 Å². The molecule has 1 N–H and O–H groups in total. The minimum atomic E-state index is 0.542. The molecule has 132 valence electrons. The van der Waals surface area contributed by atoms with Crippen LogP contribution >= 0.6 is 23.6 Å². The molecule has 0 aliphatic rings. The molecule has 2 heterocycles. The van der Waals surface area contributed by atoms with Crippen LogP contribution in [0.15, 0.2) is 41.8 Å². The Kier molecular flexibility index (Phi) is 5.85. The molecule has 2 aromatic heterocycles. The molecule has 0 amide bonds. The van der Waals surface area contributed by atoms with Gasteiger partial charge in [0.2, 0.25) is 4.77 Å². The first-order chi connectivity index (χ1) is 12.2. The monoisotopic (exact) mass is 376 g/mol. The summed E-state index contributed by atoms with van der Waals surface area (Å²) in [5.74, 6) is 2.29. The maximum absolute atomic E-state index is 5.80. The molecular weight excluding hydrogens is 356 g/mol. The summed E-state index contributed by atoms with van der Waals surface area (Å²) in [4.78, 5) is 7.60. The van der Waals surface area contributed by atoms with Gasteiger partial charge in [-0.1, -0.05) is 18.2 Å². The number of nitrogens with zero attached hydrogens (tertiary/aromatic N) is 3. The number of likely N-dealkylation sites (N-methyl/N-ethyl adjacent to an activating group) is 1. The van der Waals surface area contributed by atoms with Gasteiger partial charge in [0.05, 0.1) is 18.7 Å². The Morgan fingerprint density at radius 2 is 2.04 bits per heavy atom. The quantitative estimate of drug-likeness (QED) is 0.608. The Morgan fingerprint density at radius 3 is 2.76 bits per heavy atom. The predicted molar refractivity (Wildman–Crippen MR) is 102 cm³/mol. The molecule has 0 aliphatic heterocycles. The van der Waals surface area contributed by atoms with E-state index in [0.717, 1.165) is 28.7 Å². The summed E-state index contributed by atoms with van der Waals surface area (Å²) in [6, 6.07) is 11.7. The minimum absolute atomic E-state index is 0.542. The molecule has 0 fully saturated rings. The van der Waals surface area contributed by atoms with Gasteiger partial charge in [-0.25, -0.2) is 4.68 Å². The first kappa shape index (κ1) is 17.7. The molecule has 6 nitrogen and oxygen atoms in total. The van der Waals surface area contributed by atoms with E-state index in [1.54, 1.807) is 18.4 Å². The lowest BCUT2D eigenvalue weighted by atomic mass is 10.3. The van der Waals surface area contributed by atoms with E-state index in [4.69, 9.17) is 21.7 Å². The van der Waals surface area contributed by atoms with E-state index in [0.29, 0.717) is 18.0 Å². The van der Waals surface area contributed by atoms with Crippen LogP contribution in [0.3, 0.4) is 0 Å². The molecule has 0 atom stereocenters. The van der Waals surface area contributed by atoms with Gasteiger partial charge in [-0.2, -0.15) is 4.98 Å². The van der Waals surface area contributed by atoms with E-state index >= 15 is 0 Å². The van der Waals surface area contributed by atoms with Gasteiger partial charge in [0.25, 0.3) is 0 Å². The lowest BCUT2D eigenvalue weighted by Gasteiger charge is -2.17. The number of aromatic amines is 1. The van der Waals surface area contributed by atoms with Crippen LogP contribution in [0.25, 0.3) is 10.7 Å². The summed E-state index contributed by atoms with van der Waals surface area (Å²) in [7, 11) is 3.65. The number of thiophene rings is 1. The Labute approximate surface area is 155 Å². The van der Waals surface area contributed by atoms with Crippen molar-refractivity contribution in [1.29, 1.82) is 0 Å². The second-order valence-electron chi connectivity index (χ2n) is 5.48. The zero-order valence-corrected chi connectivity index (χ0v) is 15.8. The van der Waals surface area contributed by atoms with Crippen molar-refractivity contribution in [3.63, 3.8) is 0 Å². The van der Waals surface area contributed by atoms with Crippen LogP contribution in [-0.4, -0.2) is 47.0 Å².